The normalized spacial score (nSPS) is 30.9. The Morgan fingerprint density at radius 2 is 2.07 bits per heavy atom. The standard InChI is InChI=1S/C14H25N/c1-3-7-12(2)15-13-8-11-14(13)9-5-4-6-10-14/h3,12-13,15H,1,4-11H2,2H3. The maximum absolute atomic E-state index is 3.82. The molecular weight excluding hydrogens is 182 g/mol. The van der Waals surface area contributed by atoms with Crippen LogP contribution in [0, 0.1) is 5.41 Å². The van der Waals surface area contributed by atoms with Crippen molar-refractivity contribution in [1.29, 1.82) is 0 Å². The van der Waals surface area contributed by atoms with Crippen LogP contribution in [0.3, 0.4) is 0 Å². The van der Waals surface area contributed by atoms with E-state index in [0.717, 1.165) is 12.5 Å². The van der Waals surface area contributed by atoms with Crippen LogP contribution in [0.4, 0.5) is 0 Å². The zero-order valence-corrected chi connectivity index (χ0v) is 10.1. The lowest BCUT2D eigenvalue weighted by Crippen LogP contribution is -2.56. The molecule has 1 spiro atoms. The van der Waals surface area contributed by atoms with Crippen molar-refractivity contribution in [3.63, 3.8) is 0 Å². The molecule has 1 nitrogen and oxygen atoms in total. The average molecular weight is 207 g/mol. The van der Waals surface area contributed by atoms with Gasteiger partial charge in [-0.2, -0.15) is 0 Å². The van der Waals surface area contributed by atoms with Crippen molar-refractivity contribution in [2.45, 2.75) is 70.4 Å². The maximum Gasteiger partial charge on any atom is 0.0126 e. The fourth-order valence-corrected chi connectivity index (χ4v) is 3.47. The third-order valence-corrected chi connectivity index (χ3v) is 4.53. The largest absolute Gasteiger partial charge is 0.311 e. The first-order valence-corrected chi connectivity index (χ1v) is 6.64. The van der Waals surface area contributed by atoms with E-state index in [-0.39, 0.29) is 0 Å². The molecule has 0 heterocycles. The van der Waals surface area contributed by atoms with Gasteiger partial charge in [0.2, 0.25) is 0 Å². The van der Waals surface area contributed by atoms with Gasteiger partial charge in [-0.3, -0.25) is 0 Å². The van der Waals surface area contributed by atoms with E-state index in [1.807, 2.05) is 6.08 Å². The third-order valence-electron chi connectivity index (χ3n) is 4.53. The fraction of sp³-hybridized carbons (Fsp3) is 0.857. The minimum Gasteiger partial charge on any atom is -0.311 e. The van der Waals surface area contributed by atoms with E-state index in [1.165, 1.54) is 44.9 Å². The van der Waals surface area contributed by atoms with Gasteiger partial charge in [0.1, 0.15) is 0 Å². The van der Waals surface area contributed by atoms with E-state index in [1.54, 1.807) is 0 Å². The molecule has 2 aliphatic carbocycles. The van der Waals surface area contributed by atoms with Gasteiger partial charge in [-0.15, -0.1) is 6.58 Å². The van der Waals surface area contributed by atoms with Crippen LogP contribution >= 0.6 is 0 Å². The van der Waals surface area contributed by atoms with Crippen molar-refractivity contribution >= 4 is 0 Å². The predicted octanol–water partition coefficient (Wildman–Crippen LogP) is 3.65. The third kappa shape index (κ3) is 2.28. The molecule has 2 atom stereocenters. The summed E-state index contributed by atoms with van der Waals surface area (Å²) in [6.45, 7) is 6.10. The molecule has 86 valence electrons. The van der Waals surface area contributed by atoms with Gasteiger partial charge in [0, 0.05) is 12.1 Å². The van der Waals surface area contributed by atoms with Gasteiger partial charge in [-0.25, -0.2) is 0 Å². The molecule has 2 fully saturated rings. The number of hydrogen-bond acceptors (Lipinski definition) is 1. The highest BCUT2D eigenvalue weighted by Crippen LogP contribution is 2.51. The zero-order chi connectivity index (χ0) is 10.7. The molecule has 0 amide bonds. The summed E-state index contributed by atoms with van der Waals surface area (Å²) >= 11 is 0. The highest BCUT2D eigenvalue weighted by Gasteiger charge is 2.46. The highest BCUT2D eigenvalue weighted by atomic mass is 15.0. The van der Waals surface area contributed by atoms with E-state index >= 15 is 0 Å². The summed E-state index contributed by atoms with van der Waals surface area (Å²) in [4.78, 5) is 0. The molecule has 0 bridgehead atoms. The summed E-state index contributed by atoms with van der Waals surface area (Å²) in [6, 6.07) is 1.43. The molecule has 2 saturated carbocycles. The summed E-state index contributed by atoms with van der Waals surface area (Å²) in [5.74, 6) is 0. The summed E-state index contributed by atoms with van der Waals surface area (Å²) in [5.41, 5.74) is 0.702. The van der Waals surface area contributed by atoms with Gasteiger partial charge in [-0.1, -0.05) is 25.3 Å². The van der Waals surface area contributed by atoms with Gasteiger partial charge in [0.05, 0.1) is 0 Å². The Morgan fingerprint density at radius 3 is 2.60 bits per heavy atom. The number of hydrogen-bond donors (Lipinski definition) is 1. The van der Waals surface area contributed by atoms with Crippen molar-refractivity contribution < 1.29 is 0 Å². The molecule has 0 aromatic rings. The minimum absolute atomic E-state index is 0.617. The molecule has 0 aliphatic heterocycles. The summed E-state index contributed by atoms with van der Waals surface area (Å²) in [5, 5.41) is 3.81. The molecule has 2 rings (SSSR count). The summed E-state index contributed by atoms with van der Waals surface area (Å²) in [7, 11) is 0. The van der Waals surface area contributed by atoms with E-state index in [4.69, 9.17) is 0 Å². The topological polar surface area (TPSA) is 12.0 Å². The molecule has 2 aliphatic rings. The monoisotopic (exact) mass is 207 g/mol. The van der Waals surface area contributed by atoms with Crippen LogP contribution in [-0.4, -0.2) is 12.1 Å². The molecular formula is C14H25N. The van der Waals surface area contributed by atoms with Crippen LogP contribution in [0.2, 0.25) is 0 Å². The van der Waals surface area contributed by atoms with Crippen molar-refractivity contribution in [3.8, 4) is 0 Å². The van der Waals surface area contributed by atoms with Crippen LogP contribution in [0.1, 0.15) is 58.3 Å². The number of rotatable bonds is 4. The lowest BCUT2D eigenvalue weighted by Gasteiger charge is -2.53. The Labute approximate surface area is 94.3 Å². The van der Waals surface area contributed by atoms with Gasteiger partial charge < -0.3 is 5.32 Å². The lowest BCUT2D eigenvalue weighted by molar-refractivity contribution is 0.0178. The molecule has 0 aromatic carbocycles. The van der Waals surface area contributed by atoms with Gasteiger partial charge in [0.15, 0.2) is 0 Å². The maximum atomic E-state index is 3.82. The molecule has 15 heavy (non-hydrogen) atoms. The van der Waals surface area contributed by atoms with Crippen molar-refractivity contribution in [1.82, 2.24) is 5.32 Å². The molecule has 1 N–H and O–H groups in total. The Bertz CT molecular complexity index is 215. The van der Waals surface area contributed by atoms with E-state index < -0.39 is 0 Å². The average Bonchev–Trinajstić information content (AvgIpc) is 2.26. The van der Waals surface area contributed by atoms with Crippen molar-refractivity contribution in [2.75, 3.05) is 0 Å². The number of nitrogens with one attached hydrogen (secondary N) is 1. The van der Waals surface area contributed by atoms with Crippen LogP contribution < -0.4 is 5.32 Å². The first-order valence-electron chi connectivity index (χ1n) is 6.64. The Kier molecular flexibility index (Phi) is 3.50. The first kappa shape index (κ1) is 11.2. The van der Waals surface area contributed by atoms with Crippen LogP contribution in [0.5, 0.6) is 0 Å². The Morgan fingerprint density at radius 1 is 1.33 bits per heavy atom. The summed E-state index contributed by atoms with van der Waals surface area (Å²) in [6.07, 6.45) is 13.4. The SMILES string of the molecule is C=CCC(C)NC1CCC12CCCCC2. The molecule has 0 saturated heterocycles. The second-order valence-corrected chi connectivity index (χ2v) is 5.61. The van der Waals surface area contributed by atoms with Crippen LogP contribution in [-0.2, 0) is 0 Å². The smallest absolute Gasteiger partial charge is 0.0126 e. The lowest BCUT2D eigenvalue weighted by atomic mass is 9.57. The molecule has 0 radical (unpaired) electrons. The second-order valence-electron chi connectivity index (χ2n) is 5.61. The van der Waals surface area contributed by atoms with Gasteiger partial charge in [-0.05, 0) is 44.4 Å². The van der Waals surface area contributed by atoms with E-state index in [9.17, 15) is 0 Å². The molecule has 1 heteroatoms. The second kappa shape index (κ2) is 4.69. The minimum atomic E-state index is 0.617. The highest BCUT2D eigenvalue weighted by molar-refractivity contribution is 5.02. The fourth-order valence-electron chi connectivity index (χ4n) is 3.47. The van der Waals surface area contributed by atoms with Crippen LogP contribution in [0.25, 0.3) is 0 Å². The first-order chi connectivity index (χ1) is 7.27. The van der Waals surface area contributed by atoms with E-state index in [0.29, 0.717) is 11.5 Å². The predicted molar refractivity (Wildman–Crippen MR) is 66.0 cm³/mol. The van der Waals surface area contributed by atoms with Gasteiger partial charge >= 0.3 is 0 Å². The quantitative estimate of drug-likeness (QED) is 0.694. The molecule has 2 unspecified atom stereocenters. The Balaban J connectivity index is 1.84. The Hall–Kier alpha value is -0.300. The van der Waals surface area contributed by atoms with Crippen molar-refractivity contribution in [2.24, 2.45) is 5.41 Å². The van der Waals surface area contributed by atoms with E-state index in [2.05, 4.69) is 18.8 Å². The molecule has 0 aromatic heterocycles. The zero-order valence-electron chi connectivity index (χ0n) is 10.1. The van der Waals surface area contributed by atoms with Crippen LogP contribution in [0.15, 0.2) is 12.7 Å². The van der Waals surface area contributed by atoms with Crippen molar-refractivity contribution in [3.05, 3.63) is 12.7 Å². The van der Waals surface area contributed by atoms with Gasteiger partial charge in [0.25, 0.3) is 0 Å². The summed E-state index contributed by atoms with van der Waals surface area (Å²) < 4.78 is 0.